The van der Waals surface area contributed by atoms with Gasteiger partial charge < -0.3 is 5.32 Å². The van der Waals surface area contributed by atoms with E-state index in [-0.39, 0.29) is 16.5 Å². The fourth-order valence-electron chi connectivity index (χ4n) is 2.11. The molecule has 0 saturated carbocycles. The summed E-state index contributed by atoms with van der Waals surface area (Å²) >= 11 is 0. The molecule has 0 radical (unpaired) electrons. The fourth-order valence-corrected chi connectivity index (χ4v) is 3.64. The largest absolute Gasteiger partial charge is 0.315 e. The van der Waals surface area contributed by atoms with E-state index in [2.05, 4.69) is 10.0 Å². The van der Waals surface area contributed by atoms with Crippen molar-refractivity contribution >= 4 is 10.0 Å². The molecule has 1 aromatic rings. The second-order valence-corrected chi connectivity index (χ2v) is 6.21. The molecule has 2 N–H and O–H groups in total. The second kappa shape index (κ2) is 5.34. The highest BCUT2D eigenvalue weighted by molar-refractivity contribution is 7.89. The first kappa shape index (κ1) is 13.5. The lowest BCUT2D eigenvalue weighted by molar-refractivity contribution is 0.428. The molecule has 0 aliphatic carbocycles. The number of nitrogens with one attached hydrogen (secondary N) is 2. The molecule has 0 spiro atoms. The van der Waals surface area contributed by atoms with Gasteiger partial charge in [0.25, 0.3) is 0 Å². The van der Waals surface area contributed by atoms with Crippen molar-refractivity contribution in [1.29, 1.82) is 0 Å². The van der Waals surface area contributed by atoms with Gasteiger partial charge in [-0.3, -0.25) is 0 Å². The lowest BCUT2D eigenvalue weighted by Gasteiger charge is -2.24. The summed E-state index contributed by atoms with van der Waals surface area (Å²) < 4.78 is 40.3. The van der Waals surface area contributed by atoms with Crippen molar-refractivity contribution in [2.75, 3.05) is 13.1 Å². The van der Waals surface area contributed by atoms with Crippen molar-refractivity contribution < 1.29 is 12.8 Å². The van der Waals surface area contributed by atoms with Crippen molar-refractivity contribution in [2.24, 2.45) is 0 Å². The van der Waals surface area contributed by atoms with Gasteiger partial charge in [-0.2, -0.15) is 0 Å². The number of benzene rings is 1. The first-order chi connectivity index (χ1) is 8.50. The molecular weight excluding hydrogens is 255 g/mol. The maximum atomic E-state index is 13.4. The third kappa shape index (κ3) is 2.88. The molecule has 1 aromatic carbocycles. The van der Waals surface area contributed by atoms with Crippen LogP contribution in [0.4, 0.5) is 4.39 Å². The van der Waals surface area contributed by atoms with Gasteiger partial charge in [-0.15, -0.1) is 0 Å². The Bertz CT molecular complexity index is 525. The van der Waals surface area contributed by atoms with Crippen LogP contribution in [0.25, 0.3) is 0 Å². The minimum atomic E-state index is -3.64. The average Bonchev–Trinajstić information content (AvgIpc) is 2.33. The lowest BCUT2D eigenvalue weighted by atomic mass is 10.1. The zero-order chi connectivity index (χ0) is 13.2. The molecule has 2 rings (SSSR count). The minimum Gasteiger partial charge on any atom is -0.315 e. The predicted octanol–water partition coefficient (Wildman–Crippen LogP) is 1.16. The Morgan fingerprint density at radius 1 is 1.44 bits per heavy atom. The highest BCUT2D eigenvalue weighted by atomic mass is 32.2. The van der Waals surface area contributed by atoms with Crippen LogP contribution in [0, 0.1) is 12.7 Å². The van der Waals surface area contributed by atoms with Gasteiger partial charge in [-0.25, -0.2) is 17.5 Å². The Balaban J connectivity index is 2.22. The van der Waals surface area contributed by atoms with Gasteiger partial charge in [0.05, 0.1) is 4.90 Å². The monoisotopic (exact) mass is 272 g/mol. The minimum absolute atomic E-state index is 0.0214. The van der Waals surface area contributed by atoms with Crippen molar-refractivity contribution in [3.05, 3.63) is 29.6 Å². The van der Waals surface area contributed by atoms with E-state index in [9.17, 15) is 12.8 Å². The summed E-state index contributed by atoms with van der Waals surface area (Å²) in [6, 6.07) is 3.98. The Morgan fingerprint density at radius 3 is 2.89 bits per heavy atom. The second-order valence-electron chi connectivity index (χ2n) is 4.53. The molecule has 1 unspecified atom stereocenters. The highest BCUT2D eigenvalue weighted by Gasteiger charge is 2.23. The summed E-state index contributed by atoms with van der Waals surface area (Å²) in [4.78, 5) is 0.0214. The summed E-state index contributed by atoms with van der Waals surface area (Å²) in [6.45, 7) is 3.01. The third-order valence-corrected chi connectivity index (χ3v) is 4.79. The molecular formula is C12H17FN2O2S. The van der Waals surface area contributed by atoms with Crippen molar-refractivity contribution in [3.63, 3.8) is 0 Å². The summed E-state index contributed by atoms with van der Waals surface area (Å²) in [5.74, 6) is -0.500. The standard InChI is InChI=1S/C12H17FN2O2S/c1-9-11(13)5-2-6-12(9)18(16,17)15-10-4-3-7-14-8-10/h2,5-6,10,14-15H,3-4,7-8H2,1H3. The van der Waals surface area contributed by atoms with Crippen LogP contribution in [0.5, 0.6) is 0 Å². The van der Waals surface area contributed by atoms with Gasteiger partial charge in [0.1, 0.15) is 5.82 Å². The van der Waals surface area contributed by atoms with Crippen LogP contribution in [0.15, 0.2) is 23.1 Å². The molecule has 1 fully saturated rings. The van der Waals surface area contributed by atoms with Crippen LogP contribution in [0.3, 0.4) is 0 Å². The third-order valence-electron chi connectivity index (χ3n) is 3.13. The molecule has 18 heavy (non-hydrogen) atoms. The Morgan fingerprint density at radius 2 is 2.22 bits per heavy atom. The van der Waals surface area contributed by atoms with Crippen LogP contribution in [0.2, 0.25) is 0 Å². The first-order valence-electron chi connectivity index (χ1n) is 5.99. The Kier molecular flexibility index (Phi) is 3.99. The average molecular weight is 272 g/mol. The molecule has 0 bridgehead atoms. The quantitative estimate of drug-likeness (QED) is 0.868. The smallest absolute Gasteiger partial charge is 0.241 e. The summed E-state index contributed by atoms with van der Waals surface area (Å²) in [6.07, 6.45) is 1.75. The first-order valence-corrected chi connectivity index (χ1v) is 7.47. The molecule has 1 heterocycles. The van der Waals surface area contributed by atoms with Crippen LogP contribution < -0.4 is 10.0 Å². The van der Waals surface area contributed by atoms with Gasteiger partial charge >= 0.3 is 0 Å². The molecule has 4 nitrogen and oxygen atoms in total. The zero-order valence-electron chi connectivity index (χ0n) is 10.2. The Hall–Kier alpha value is -0.980. The van der Waals surface area contributed by atoms with Gasteiger partial charge in [0.15, 0.2) is 0 Å². The van der Waals surface area contributed by atoms with E-state index >= 15 is 0 Å². The van der Waals surface area contributed by atoms with E-state index < -0.39 is 15.8 Å². The summed E-state index contributed by atoms with van der Waals surface area (Å²) in [5, 5.41) is 3.13. The lowest BCUT2D eigenvalue weighted by Crippen LogP contribution is -2.45. The van der Waals surface area contributed by atoms with Crippen LogP contribution in [0.1, 0.15) is 18.4 Å². The normalized spacial score (nSPS) is 20.9. The molecule has 1 saturated heterocycles. The van der Waals surface area contributed by atoms with Gasteiger partial charge in [0, 0.05) is 18.2 Å². The number of halogens is 1. The molecule has 0 aromatic heterocycles. The van der Waals surface area contributed by atoms with E-state index in [1.54, 1.807) is 0 Å². The summed E-state index contributed by atoms with van der Waals surface area (Å²) in [5.41, 5.74) is 0.161. The van der Waals surface area contributed by atoms with Crippen LogP contribution >= 0.6 is 0 Å². The molecule has 100 valence electrons. The van der Waals surface area contributed by atoms with E-state index in [4.69, 9.17) is 0 Å². The number of hydrogen-bond donors (Lipinski definition) is 2. The highest BCUT2D eigenvalue weighted by Crippen LogP contribution is 2.18. The zero-order valence-corrected chi connectivity index (χ0v) is 11.1. The predicted molar refractivity (Wildman–Crippen MR) is 67.4 cm³/mol. The van der Waals surface area contributed by atoms with Gasteiger partial charge in [-0.05, 0) is 38.4 Å². The van der Waals surface area contributed by atoms with E-state index in [1.165, 1.54) is 25.1 Å². The van der Waals surface area contributed by atoms with E-state index in [0.29, 0.717) is 6.54 Å². The van der Waals surface area contributed by atoms with E-state index in [1.807, 2.05) is 0 Å². The maximum absolute atomic E-state index is 13.4. The van der Waals surface area contributed by atoms with E-state index in [0.717, 1.165) is 19.4 Å². The van der Waals surface area contributed by atoms with Crippen molar-refractivity contribution in [1.82, 2.24) is 10.0 Å². The number of piperidine rings is 1. The van der Waals surface area contributed by atoms with Gasteiger partial charge in [-0.1, -0.05) is 6.07 Å². The van der Waals surface area contributed by atoms with Crippen molar-refractivity contribution in [3.8, 4) is 0 Å². The number of sulfonamides is 1. The maximum Gasteiger partial charge on any atom is 0.241 e. The fraction of sp³-hybridized carbons (Fsp3) is 0.500. The topological polar surface area (TPSA) is 58.2 Å². The molecule has 0 amide bonds. The number of rotatable bonds is 3. The Labute approximate surface area is 107 Å². The number of hydrogen-bond acceptors (Lipinski definition) is 3. The molecule has 1 aliphatic rings. The van der Waals surface area contributed by atoms with Crippen molar-refractivity contribution in [2.45, 2.75) is 30.7 Å². The molecule has 1 atom stereocenters. The van der Waals surface area contributed by atoms with Crippen LogP contribution in [-0.4, -0.2) is 27.5 Å². The SMILES string of the molecule is Cc1c(F)cccc1S(=O)(=O)NC1CCCNC1. The molecule has 1 aliphatic heterocycles. The molecule has 6 heteroatoms. The summed E-state index contributed by atoms with van der Waals surface area (Å²) in [7, 11) is -3.64. The van der Waals surface area contributed by atoms with Crippen LogP contribution in [-0.2, 0) is 10.0 Å². The van der Waals surface area contributed by atoms with Gasteiger partial charge in [0.2, 0.25) is 10.0 Å².